The van der Waals surface area contributed by atoms with Crippen LogP contribution >= 0.6 is 22.6 Å². The standard InChI is InChI=1S/C18H18FIN2/c19-13-5-3-4-12(10-13)18-15(6-1-2-9-21)16-11-14(20)7-8-17(16)22-18/h3-5,7-8,10-11,22H,1-2,6,9,21H2. The van der Waals surface area contributed by atoms with E-state index in [2.05, 4.69) is 45.8 Å². The van der Waals surface area contributed by atoms with Crippen molar-refractivity contribution in [1.82, 2.24) is 4.98 Å². The lowest BCUT2D eigenvalue weighted by Crippen LogP contribution is -1.99. The Morgan fingerprint density at radius 3 is 2.73 bits per heavy atom. The highest BCUT2D eigenvalue weighted by molar-refractivity contribution is 14.1. The van der Waals surface area contributed by atoms with Crippen LogP contribution in [0.25, 0.3) is 22.2 Å². The quantitative estimate of drug-likeness (QED) is 0.460. The Balaban J connectivity index is 2.13. The molecule has 1 heterocycles. The molecule has 114 valence electrons. The minimum absolute atomic E-state index is 0.210. The highest BCUT2D eigenvalue weighted by Crippen LogP contribution is 2.32. The molecule has 0 amide bonds. The van der Waals surface area contributed by atoms with E-state index in [0.717, 1.165) is 36.0 Å². The maximum Gasteiger partial charge on any atom is 0.123 e. The Bertz CT molecular complexity index is 795. The summed E-state index contributed by atoms with van der Waals surface area (Å²) >= 11 is 2.33. The molecule has 0 aliphatic rings. The third kappa shape index (κ3) is 3.17. The van der Waals surface area contributed by atoms with Gasteiger partial charge >= 0.3 is 0 Å². The summed E-state index contributed by atoms with van der Waals surface area (Å²) in [5.74, 6) is -0.210. The van der Waals surface area contributed by atoms with E-state index in [0.29, 0.717) is 6.54 Å². The number of nitrogens with one attached hydrogen (secondary N) is 1. The first-order valence-electron chi connectivity index (χ1n) is 7.45. The first-order chi connectivity index (χ1) is 10.7. The zero-order valence-corrected chi connectivity index (χ0v) is 14.4. The summed E-state index contributed by atoms with van der Waals surface area (Å²) in [6.07, 6.45) is 2.99. The van der Waals surface area contributed by atoms with Crippen molar-refractivity contribution in [2.45, 2.75) is 19.3 Å². The van der Waals surface area contributed by atoms with Crippen molar-refractivity contribution >= 4 is 33.5 Å². The molecule has 4 heteroatoms. The van der Waals surface area contributed by atoms with Crippen molar-refractivity contribution in [2.24, 2.45) is 5.73 Å². The molecule has 3 rings (SSSR count). The van der Waals surface area contributed by atoms with Crippen LogP contribution in [-0.2, 0) is 6.42 Å². The smallest absolute Gasteiger partial charge is 0.123 e. The van der Waals surface area contributed by atoms with Crippen molar-refractivity contribution in [3.8, 4) is 11.3 Å². The van der Waals surface area contributed by atoms with Crippen LogP contribution in [0.2, 0.25) is 0 Å². The van der Waals surface area contributed by atoms with Crippen molar-refractivity contribution < 1.29 is 4.39 Å². The predicted molar refractivity (Wildman–Crippen MR) is 98.4 cm³/mol. The van der Waals surface area contributed by atoms with Gasteiger partial charge in [0.25, 0.3) is 0 Å². The van der Waals surface area contributed by atoms with Gasteiger partial charge in [0.1, 0.15) is 5.82 Å². The monoisotopic (exact) mass is 408 g/mol. The van der Waals surface area contributed by atoms with Crippen LogP contribution in [0.1, 0.15) is 18.4 Å². The number of unbranched alkanes of at least 4 members (excludes halogenated alkanes) is 1. The van der Waals surface area contributed by atoms with Crippen molar-refractivity contribution in [3.63, 3.8) is 0 Å². The van der Waals surface area contributed by atoms with Gasteiger partial charge < -0.3 is 10.7 Å². The summed E-state index contributed by atoms with van der Waals surface area (Å²) < 4.78 is 14.8. The Morgan fingerprint density at radius 2 is 1.95 bits per heavy atom. The molecular weight excluding hydrogens is 390 g/mol. The maximum atomic E-state index is 13.6. The van der Waals surface area contributed by atoms with Crippen LogP contribution in [0.4, 0.5) is 4.39 Å². The van der Waals surface area contributed by atoms with Gasteiger partial charge in [0.05, 0.1) is 0 Å². The molecule has 0 bridgehead atoms. The summed E-state index contributed by atoms with van der Waals surface area (Å²) in [4.78, 5) is 3.46. The fourth-order valence-corrected chi connectivity index (χ4v) is 3.31. The first kappa shape index (κ1) is 15.5. The number of halogens is 2. The zero-order chi connectivity index (χ0) is 15.5. The fraction of sp³-hybridized carbons (Fsp3) is 0.222. The van der Waals surface area contributed by atoms with Crippen molar-refractivity contribution in [1.29, 1.82) is 0 Å². The molecule has 0 aliphatic carbocycles. The van der Waals surface area contributed by atoms with E-state index < -0.39 is 0 Å². The van der Waals surface area contributed by atoms with E-state index in [1.165, 1.54) is 20.6 Å². The van der Waals surface area contributed by atoms with Gasteiger partial charge in [-0.15, -0.1) is 0 Å². The highest BCUT2D eigenvalue weighted by atomic mass is 127. The molecule has 0 saturated heterocycles. The molecular formula is C18H18FIN2. The minimum atomic E-state index is -0.210. The van der Waals surface area contributed by atoms with E-state index in [1.807, 2.05) is 6.07 Å². The fourth-order valence-electron chi connectivity index (χ4n) is 2.82. The number of aromatic nitrogens is 1. The lowest BCUT2D eigenvalue weighted by Gasteiger charge is -2.05. The van der Waals surface area contributed by atoms with E-state index in [9.17, 15) is 4.39 Å². The number of rotatable bonds is 5. The number of benzene rings is 2. The van der Waals surface area contributed by atoms with Crippen LogP contribution in [0, 0.1) is 9.39 Å². The third-order valence-corrected chi connectivity index (χ3v) is 4.53. The van der Waals surface area contributed by atoms with Crippen LogP contribution in [0.5, 0.6) is 0 Å². The summed E-state index contributed by atoms with van der Waals surface area (Å²) in [6.45, 7) is 0.704. The molecule has 1 aromatic heterocycles. The summed E-state index contributed by atoms with van der Waals surface area (Å²) in [5, 5.41) is 1.23. The van der Waals surface area contributed by atoms with Crippen LogP contribution in [0.15, 0.2) is 42.5 Å². The van der Waals surface area contributed by atoms with E-state index in [1.54, 1.807) is 12.1 Å². The number of hydrogen-bond donors (Lipinski definition) is 2. The Morgan fingerprint density at radius 1 is 1.09 bits per heavy atom. The van der Waals surface area contributed by atoms with E-state index in [-0.39, 0.29) is 5.82 Å². The number of H-pyrrole nitrogens is 1. The van der Waals surface area contributed by atoms with Gasteiger partial charge in [0.2, 0.25) is 0 Å². The third-order valence-electron chi connectivity index (χ3n) is 3.86. The maximum absolute atomic E-state index is 13.6. The highest BCUT2D eigenvalue weighted by Gasteiger charge is 2.13. The second kappa shape index (κ2) is 6.79. The molecule has 22 heavy (non-hydrogen) atoms. The van der Waals surface area contributed by atoms with Gasteiger partial charge in [-0.25, -0.2) is 4.39 Å². The lowest BCUT2D eigenvalue weighted by atomic mass is 10.0. The van der Waals surface area contributed by atoms with Crippen LogP contribution in [0.3, 0.4) is 0 Å². The SMILES string of the molecule is NCCCCc1c(-c2cccc(F)c2)[nH]c2ccc(I)cc12. The molecule has 0 saturated carbocycles. The van der Waals surface area contributed by atoms with Crippen LogP contribution < -0.4 is 5.73 Å². The Kier molecular flexibility index (Phi) is 4.78. The number of aryl methyl sites for hydroxylation is 1. The summed E-state index contributed by atoms with van der Waals surface area (Å²) in [7, 11) is 0. The summed E-state index contributed by atoms with van der Waals surface area (Å²) in [6, 6.07) is 13.1. The zero-order valence-electron chi connectivity index (χ0n) is 12.2. The van der Waals surface area contributed by atoms with E-state index >= 15 is 0 Å². The van der Waals surface area contributed by atoms with Gasteiger partial charge in [0.15, 0.2) is 0 Å². The van der Waals surface area contributed by atoms with Gasteiger partial charge in [-0.05, 0) is 84.3 Å². The van der Waals surface area contributed by atoms with Gasteiger partial charge in [-0.2, -0.15) is 0 Å². The first-order valence-corrected chi connectivity index (χ1v) is 8.53. The largest absolute Gasteiger partial charge is 0.354 e. The molecule has 0 aliphatic heterocycles. The number of fused-ring (bicyclic) bond motifs is 1. The molecule has 0 spiro atoms. The topological polar surface area (TPSA) is 41.8 Å². The Hall–Kier alpha value is -1.40. The summed E-state index contributed by atoms with van der Waals surface area (Å²) in [5.41, 5.74) is 9.89. The average Bonchev–Trinajstić information content (AvgIpc) is 2.86. The van der Waals surface area contributed by atoms with Crippen molar-refractivity contribution in [2.75, 3.05) is 6.54 Å². The molecule has 2 aromatic carbocycles. The Labute approximate surface area is 143 Å². The molecule has 2 nitrogen and oxygen atoms in total. The molecule has 3 N–H and O–H groups in total. The predicted octanol–water partition coefficient (Wildman–Crippen LogP) is 4.86. The molecule has 0 unspecified atom stereocenters. The second-order valence-corrected chi connectivity index (χ2v) is 6.67. The van der Waals surface area contributed by atoms with Crippen molar-refractivity contribution in [3.05, 3.63) is 57.4 Å². The average molecular weight is 408 g/mol. The number of aromatic amines is 1. The van der Waals surface area contributed by atoms with Gasteiger partial charge in [-0.1, -0.05) is 12.1 Å². The van der Waals surface area contributed by atoms with Crippen LogP contribution in [-0.4, -0.2) is 11.5 Å². The van der Waals surface area contributed by atoms with E-state index in [4.69, 9.17) is 5.73 Å². The van der Waals surface area contributed by atoms with Gasteiger partial charge in [-0.3, -0.25) is 0 Å². The lowest BCUT2D eigenvalue weighted by molar-refractivity contribution is 0.628. The molecule has 0 atom stereocenters. The minimum Gasteiger partial charge on any atom is -0.354 e. The number of hydrogen-bond acceptors (Lipinski definition) is 1. The molecule has 0 radical (unpaired) electrons. The molecule has 0 fully saturated rings. The number of nitrogens with two attached hydrogens (primary N) is 1. The van der Waals surface area contributed by atoms with Gasteiger partial charge in [0, 0.05) is 25.7 Å². The normalized spacial score (nSPS) is 11.2. The second-order valence-electron chi connectivity index (χ2n) is 5.42. The molecule has 3 aromatic rings.